The normalized spacial score (nSPS) is 21.7. The molecule has 1 saturated carbocycles. The number of likely N-dealkylation sites (tertiary alicyclic amines) is 1. The van der Waals surface area contributed by atoms with Gasteiger partial charge in [0.1, 0.15) is 0 Å². The number of halogens is 3. The molecule has 0 radical (unpaired) electrons. The van der Waals surface area contributed by atoms with Crippen molar-refractivity contribution in [1.29, 1.82) is 0 Å². The molecule has 0 aromatic heterocycles. The van der Waals surface area contributed by atoms with Gasteiger partial charge in [-0.15, -0.1) is 0 Å². The lowest BCUT2D eigenvalue weighted by Gasteiger charge is -2.26. The number of nitrogens with zero attached hydrogens (tertiary/aromatic N) is 1. The highest BCUT2D eigenvalue weighted by molar-refractivity contribution is 5.83. The van der Waals surface area contributed by atoms with Crippen LogP contribution in [0.15, 0.2) is 24.3 Å². The minimum Gasteiger partial charge on any atom is -0.351 e. The molecule has 0 spiro atoms. The van der Waals surface area contributed by atoms with Crippen molar-refractivity contribution in [3.05, 3.63) is 35.4 Å². The van der Waals surface area contributed by atoms with Crippen LogP contribution in [-0.4, -0.2) is 29.3 Å². The molecule has 1 heterocycles. The zero-order valence-corrected chi connectivity index (χ0v) is 13.1. The molecule has 2 fully saturated rings. The monoisotopic (exact) mass is 340 g/mol. The van der Waals surface area contributed by atoms with Crippen molar-refractivity contribution in [2.75, 3.05) is 6.54 Å². The molecule has 2 amide bonds. The van der Waals surface area contributed by atoms with Gasteiger partial charge in [-0.25, -0.2) is 0 Å². The van der Waals surface area contributed by atoms with Gasteiger partial charge in [-0.05, 0) is 24.5 Å². The zero-order valence-electron chi connectivity index (χ0n) is 13.1. The van der Waals surface area contributed by atoms with E-state index >= 15 is 0 Å². The number of benzene rings is 1. The van der Waals surface area contributed by atoms with Crippen molar-refractivity contribution in [1.82, 2.24) is 10.2 Å². The van der Waals surface area contributed by atoms with Gasteiger partial charge in [0.15, 0.2) is 0 Å². The second-order valence-electron chi connectivity index (χ2n) is 6.47. The Labute approximate surface area is 138 Å². The predicted octanol–water partition coefficient (Wildman–Crippen LogP) is 2.72. The molecule has 1 aromatic carbocycles. The van der Waals surface area contributed by atoms with Crippen LogP contribution in [0.4, 0.5) is 13.2 Å². The van der Waals surface area contributed by atoms with Crippen molar-refractivity contribution < 1.29 is 22.8 Å². The average Bonchev–Trinajstić information content (AvgIpc) is 2.76. The summed E-state index contributed by atoms with van der Waals surface area (Å²) in [6, 6.07) is 4.95. The average molecular weight is 340 g/mol. The van der Waals surface area contributed by atoms with E-state index in [0.29, 0.717) is 0 Å². The van der Waals surface area contributed by atoms with Gasteiger partial charge in [0.05, 0.1) is 11.6 Å². The molecule has 1 aromatic rings. The lowest BCUT2D eigenvalue weighted by atomic mass is 9.84. The maximum absolute atomic E-state index is 13.0. The first-order chi connectivity index (χ1) is 11.3. The smallest absolute Gasteiger partial charge is 0.351 e. The minimum atomic E-state index is -4.45. The van der Waals surface area contributed by atoms with Crippen LogP contribution in [0.5, 0.6) is 0 Å². The van der Waals surface area contributed by atoms with Gasteiger partial charge in [-0.2, -0.15) is 13.2 Å². The van der Waals surface area contributed by atoms with Crippen molar-refractivity contribution in [3.63, 3.8) is 0 Å². The van der Waals surface area contributed by atoms with Gasteiger partial charge in [0.2, 0.25) is 11.8 Å². The molecule has 1 aliphatic heterocycles. The summed E-state index contributed by atoms with van der Waals surface area (Å²) in [4.78, 5) is 25.4. The largest absolute Gasteiger partial charge is 0.416 e. The van der Waals surface area contributed by atoms with Crippen LogP contribution in [0.25, 0.3) is 0 Å². The van der Waals surface area contributed by atoms with Gasteiger partial charge < -0.3 is 10.2 Å². The third kappa shape index (κ3) is 3.55. The number of hydrogen-bond donors (Lipinski definition) is 1. The molecule has 0 unspecified atom stereocenters. The molecule has 1 N–H and O–H groups in total. The van der Waals surface area contributed by atoms with Crippen LogP contribution in [0.1, 0.15) is 36.8 Å². The molecule has 3 rings (SSSR count). The molecular formula is C17H19F3N2O2. The van der Waals surface area contributed by atoms with E-state index < -0.39 is 11.7 Å². The van der Waals surface area contributed by atoms with Crippen LogP contribution in [0.3, 0.4) is 0 Å². The van der Waals surface area contributed by atoms with Gasteiger partial charge >= 0.3 is 6.18 Å². The van der Waals surface area contributed by atoms with Crippen LogP contribution in [0, 0.1) is 5.92 Å². The second-order valence-corrected chi connectivity index (χ2v) is 6.47. The van der Waals surface area contributed by atoms with Crippen LogP contribution in [-0.2, 0) is 22.3 Å². The second kappa shape index (κ2) is 6.45. The van der Waals surface area contributed by atoms with Gasteiger partial charge in [-0.1, -0.05) is 24.6 Å². The highest BCUT2D eigenvalue weighted by Gasteiger charge is 2.36. The van der Waals surface area contributed by atoms with E-state index in [4.69, 9.17) is 0 Å². The SMILES string of the molecule is O=C(N[C@@H]1CC(=O)N(Cc2ccccc2C(F)(F)F)C1)C1CCC1. The molecule has 1 aliphatic carbocycles. The Morgan fingerprint density at radius 3 is 2.58 bits per heavy atom. The first-order valence-electron chi connectivity index (χ1n) is 8.08. The molecule has 24 heavy (non-hydrogen) atoms. The number of carbonyl (C=O) groups excluding carboxylic acids is 2. The molecule has 0 bridgehead atoms. The molecule has 7 heteroatoms. The maximum atomic E-state index is 13.0. The van der Waals surface area contributed by atoms with Gasteiger partial charge in [0, 0.05) is 25.4 Å². The number of hydrogen-bond acceptors (Lipinski definition) is 2. The summed E-state index contributed by atoms with van der Waals surface area (Å²) < 4.78 is 39.1. The summed E-state index contributed by atoms with van der Waals surface area (Å²) in [6.07, 6.45) is -1.52. The molecule has 130 valence electrons. The highest BCUT2D eigenvalue weighted by atomic mass is 19.4. The van der Waals surface area contributed by atoms with Crippen LogP contribution < -0.4 is 5.32 Å². The summed E-state index contributed by atoms with van der Waals surface area (Å²) >= 11 is 0. The maximum Gasteiger partial charge on any atom is 0.416 e. The Morgan fingerprint density at radius 2 is 1.96 bits per heavy atom. The van der Waals surface area contributed by atoms with E-state index in [1.165, 1.54) is 23.1 Å². The minimum absolute atomic E-state index is 0.0279. The number of nitrogens with one attached hydrogen (secondary N) is 1. The van der Waals surface area contributed by atoms with E-state index in [1.807, 2.05) is 0 Å². The first kappa shape index (κ1) is 16.8. The third-order valence-electron chi connectivity index (χ3n) is 4.72. The Morgan fingerprint density at radius 1 is 1.25 bits per heavy atom. The van der Waals surface area contributed by atoms with E-state index in [2.05, 4.69) is 5.32 Å². The summed E-state index contributed by atoms with van der Waals surface area (Å²) in [5.74, 6) is -0.248. The fraction of sp³-hybridized carbons (Fsp3) is 0.529. The van der Waals surface area contributed by atoms with Crippen molar-refractivity contribution in [2.24, 2.45) is 5.92 Å². The molecule has 2 aliphatic rings. The summed E-state index contributed by atoms with van der Waals surface area (Å²) in [5, 5.41) is 2.85. The Bertz CT molecular complexity index is 641. The quantitative estimate of drug-likeness (QED) is 0.916. The topological polar surface area (TPSA) is 49.4 Å². The lowest BCUT2D eigenvalue weighted by Crippen LogP contribution is -2.42. The van der Waals surface area contributed by atoms with E-state index in [9.17, 15) is 22.8 Å². The van der Waals surface area contributed by atoms with Crippen molar-refractivity contribution in [2.45, 2.75) is 44.4 Å². The molecule has 1 saturated heterocycles. The Kier molecular flexibility index (Phi) is 4.51. The lowest BCUT2D eigenvalue weighted by molar-refractivity contribution is -0.139. The van der Waals surface area contributed by atoms with Gasteiger partial charge in [-0.3, -0.25) is 9.59 Å². The summed E-state index contributed by atoms with van der Waals surface area (Å²) in [5.41, 5.74) is -0.649. The first-order valence-corrected chi connectivity index (χ1v) is 8.08. The Hall–Kier alpha value is -2.05. The fourth-order valence-electron chi connectivity index (χ4n) is 3.15. The molecule has 4 nitrogen and oxygen atoms in total. The summed E-state index contributed by atoms with van der Waals surface area (Å²) in [7, 11) is 0. The predicted molar refractivity (Wildman–Crippen MR) is 80.7 cm³/mol. The zero-order chi connectivity index (χ0) is 17.3. The fourth-order valence-corrected chi connectivity index (χ4v) is 3.15. The van der Waals surface area contributed by atoms with E-state index in [-0.39, 0.29) is 48.8 Å². The standard InChI is InChI=1S/C17H19F3N2O2/c18-17(19,20)14-7-2-1-4-12(14)9-22-10-13(8-15(22)23)21-16(24)11-5-3-6-11/h1-2,4,7,11,13H,3,5-6,8-10H2,(H,21,24)/t13-/m1/s1. The molecule has 1 atom stereocenters. The van der Waals surface area contributed by atoms with E-state index in [1.54, 1.807) is 0 Å². The van der Waals surface area contributed by atoms with E-state index in [0.717, 1.165) is 25.3 Å². The summed E-state index contributed by atoms with van der Waals surface area (Å²) in [6.45, 7) is 0.161. The highest BCUT2D eigenvalue weighted by Crippen LogP contribution is 2.33. The molecular weight excluding hydrogens is 321 g/mol. The van der Waals surface area contributed by atoms with Crippen molar-refractivity contribution >= 4 is 11.8 Å². The van der Waals surface area contributed by atoms with Crippen LogP contribution in [0.2, 0.25) is 0 Å². The van der Waals surface area contributed by atoms with Crippen molar-refractivity contribution in [3.8, 4) is 0 Å². The number of amides is 2. The number of alkyl halides is 3. The number of rotatable bonds is 4. The third-order valence-corrected chi connectivity index (χ3v) is 4.72. The number of carbonyl (C=O) groups is 2. The van der Waals surface area contributed by atoms with Crippen LogP contribution >= 0.6 is 0 Å². The van der Waals surface area contributed by atoms with Gasteiger partial charge in [0.25, 0.3) is 0 Å². The Balaban J connectivity index is 1.64.